The maximum absolute atomic E-state index is 13.7. The average Bonchev–Trinajstić information content (AvgIpc) is 3.00. The van der Waals surface area contributed by atoms with Crippen molar-refractivity contribution in [3.8, 4) is 0 Å². The van der Waals surface area contributed by atoms with Crippen molar-refractivity contribution in [3.05, 3.63) is 44.6 Å². The van der Waals surface area contributed by atoms with Gasteiger partial charge in [0.1, 0.15) is 0 Å². The molecule has 0 spiro atoms. The number of rotatable bonds is 3. The predicted molar refractivity (Wildman–Crippen MR) is 86.2 cm³/mol. The summed E-state index contributed by atoms with van der Waals surface area (Å²) in [6, 6.07) is 1.97. The van der Waals surface area contributed by atoms with Crippen LogP contribution in [0.4, 0.5) is 55.3 Å². The van der Waals surface area contributed by atoms with E-state index in [2.05, 4.69) is 4.99 Å². The fraction of sp³-hybridized carbons (Fsp3) is 0.286. The molecule has 1 aliphatic rings. The molecule has 1 N–H and O–H groups in total. The van der Waals surface area contributed by atoms with E-state index in [1.165, 1.54) is 0 Å². The summed E-state index contributed by atoms with van der Waals surface area (Å²) in [4.78, 5) is 20.2. The standard InChI is InChI=1S/C14H5F10N3O3S/c15-8(12(16,17)18)9-11(13(19,20)21,14(22,23)24)26-10(31-9)25-7-2-1-6(27(29)30)3-5(7)4-28/h1-4H,(H,25,26)/b9-8+. The van der Waals surface area contributed by atoms with E-state index in [0.717, 1.165) is 0 Å². The normalized spacial score (nSPS) is 18.5. The molecule has 31 heavy (non-hydrogen) atoms. The molecule has 0 radical (unpaired) electrons. The molecule has 1 aromatic carbocycles. The van der Waals surface area contributed by atoms with Crippen LogP contribution in [0.5, 0.6) is 0 Å². The monoisotopic (exact) mass is 485 g/mol. The van der Waals surface area contributed by atoms with Crippen molar-refractivity contribution < 1.29 is 53.6 Å². The maximum atomic E-state index is 13.7. The van der Waals surface area contributed by atoms with Crippen molar-refractivity contribution in [2.75, 3.05) is 5.32 Å². The summed E-state index contributed by atoms with van der Waals surface area (Å²) in [5.41, 5.74) is -7.53. The van der Waals surface area contributed by atoms with Gasteiger partial charge in [0.2, 0.25) is 5.83 Å². The maximum Gasteiger partial charge on any atom is 0.443 e. The molecule has 0 aromatic heterocycles. The summed E-state index contributed by atoms with van der Waals surface area (Å²) in [6.07, 6.45) is -19.3. The lowest BCUT2D eigenvalue weighted by Crippen LogP contribution is -2.55. The van der Waals surface area contributed by atoms with Crippen molar-refractivity contribution in [2.45, 2.75) is 24.1 Å². The number of hydrogen-bond acceptors (Lipinski definition) is 6. The molecule has 1 aromatic rings. The largest absolute Gasteiger partial charge is 0.443 e. The first kappa shape index (κ1) is 24.4. The third-order valence-corrected chi connectivity index (χ3v) is 4.75. The molecule has 2 rings (SSSR count). The zero-order chi connectivity index (χ0) is 24.0. The van der Waals surface area contributed by atoms with Crippen LogP contribution >= 0.6 is 11.8 Å². The lowest BCUT2D eigenvalue weighted by atomic mass is 9.97. The Balaban J connectivity index is 2.69. The Morgan fingerprint density at radius 1 is 1.10 bits per heavy atom. The second kappa shape index (κ2) is 7.69. The van der Waals surface area contributed by atoms with E-state index in [9.17, 15) is 58.8 Å². The summed E-state index contributed by atoms with van der Waals surface area (Å²) in [5, 5.41) is 10.9. The first-order valence-electron chi connectivity index (χ1n) is 7.35. The number of aldehydes is 1. The number of nitro groups is 1. The number of anilines is 1. The number of alkyl halides is 9. The fourth-order valence-corrected chi connectivity index (χ4v) is 3.48. The van der Waals surface area contributed by atoms with E-state index in [1.807, 2.05) is 0 Å². The van der Waals surface area contributed by atoms with E-state index in [-0.39, 0.29) is 6.29 Å². The van der Waals surface area contributed by atoms with E-state index < -0.39 is 73.6 Å². The molecular formula is C14H5F10N3O3S. The Hall–Kier alpha value is -2.85. The molecule has 6 nitrogen and oxygen atoms in total. The van der Waals surface area contributed by atoms with Crippen LogP contribution in [0.2, 0.25) is 0 Å². The minimum Gasteiger partial charge on any atom is -0.334 e. The lowest BCUT2D eigenvalue weighted by Gasteiger charge is -2.31. The molecule has 1 aliphatic heterocycles. The van der Waals surface area contributed by atoms with Crippen molar-refractivity contribution in [1.82, 2.24) is 0 Å². The van der Waals surface area contributed by atoms with Crippen LogP contribution in [0.1, 0.15) is 10.4 Å². The van der Waals surface area contributed by atoms with Gasteiger partial charge in [-0.05, 0) is 6.07 Å². The van der Waals surface area contributed by atoms with Crippen molar-refractivity contribution >= 4 is 34.6 Å². The highest BCUT2D eigenvalue weighted by atomic mass is 32.2. The van der Waals surface area contributed by atoms with Gasteiger partial charge in [0.25, 0.3) is 11.2 Å². The Kier molecular flexibility index (Phi) is 6.05. The number of thioether (sulfide) groups is 1. The third-order valence-electron chi connectivity index (χ3n) is 3.68. The number of carbonyl (C=O) groups excluding carboxylic acids is 1. The lowest BCUT2D eigenvalue weighted by molar-refractivity contribution is -0.384. The minimum atomic E-state index is -6.54. The molecule has 0 amide bonds. The van der Waals surface area contributed by atoms with Gasteiger partial charge in [-0.15, -0.1) is 0 Å². The molecule has 0 aliphatic carbocycles. The summed E-state index contributed by atoms with van der Waals surface area (Å²) in [7, 11) is 0. The molecular weight excluding hydrogens is 480 g/mol. The summed E-state index contributed by atoms with van der Waals surface area (Å²) < 4.78 is 132. The smallest absolute Gasteiger partial charge is 0.334 e. The number of allylic oxidation sites excluding steroid dienone is 1. The van der Waals surface area contributed by atoms with Gasteiger partial charge in [0, 0.05) is 17.7 Å². The number of nitro benzene ring substituents is 1. The molecule has 0 bridgehead atoms. The highest BCUT2D eigenvalue weighted by Gasteiger charge is 2.77. The van der Waals surface area contributed by atoms with Crippen LogP contribution in [0.3, 0.4) is 0 Å². The number of amidine groups is 1. The molecule has 0 saturated carbocycles. The number of nitrogens with zero attached hydrogens (tertiary/aromatic N) is 2. The second-order valence-corrected chi connectivity index (χ2v) is 6.64. The summed E-state index contributed by atoms with van der Waals surface area (Å²) in [6.45, 7) is 0. The zero-order valence-corrected chi connectivity index (χ0v) is 14.9. The van der Waals surface area contributed by atoms with Crippen molar-refractivity contribution in [2.24, 2.45) is 4.99 Å². The predicted octanol–water partition coefficient (Wildman–Crippen LogP) is 5.53. The van der Waals surface area contributed by atoms with Crippen LogP contribution < -0.4 is 5.32 Å². The molecule has 17 heteroatoms. The van der Waals surface area contributed by atoms with Crippen LogP contribution in [-0.4, -0.2) is 40.4 Å². The average molecular weight is 485 g/mol. The van der Waals surface area contributed by atoms with Gasteiger partial charge >= 0.3 is 18.5 Å². The fourth-order valence-electron chi connectivity index (χ4n) is 2.32. The summed E-state index contributed by atoms with van der Waals surface area (Å²) in [5.74, 6) is -3.66. The van der Waals surface area contributed by atoms with E-state index >= 15 is 0 Å². The van der Waals surface area contributed by atoms with Crippen LogP contribution in [-0.2, 0) is 0 Å². The first-order chi connectivity index (χ1) is 14.0. The molecule has 170 valence electrons. The van der Waals surface area contributed by atoms with Gasteiger partial charge in [0.05, 0.1) is 15.5 Å². The van der Waals surface area contributed by atoms with Crippen LogP contribution in [0, 0.1) is 10.1 Å². The SMILES string of the molecule is O=Cc1cc([N+](=O)[O-])ccc1NC1=NC(C(F)(F)F)(C(F)(F)F)/C(=C(\F)C(F)(F)F)S1. The number of aliphatic imine (C=N–C) groups is 1. The van der Waals surface area contributed by atoms with Gasteiger partial charge in [-0.2, -0.15) is 39.5 Å². The van der Waals surface area contributed by atoms with Gasteiger partial charge < -0.3 is 5.32 Å². The van der Waals surface area contributed by atoms with Crippen molar-refractivity contribution in [3.63, 3.8) is 0 Å². The number of nitrogens with one attached hydrogen (secondary N) is 1. The van der Waals surface area contributed by atoms with E-state index in [1.54, 1.807) is 5.32 Å². The zero-order valence-electron chi connectivity index (χ0n) is 14.1. The number of halogens is 10. The van der Waals surface area contributed by atoms with Crippen LogP contribution in [0.25, 0.3) is 0 Å². The van der Waals surface area contributed by atoms with Gasteiger partial charge in [-0.1, -0.05) is 11.8 Å². The molecule has 0 atom stereocenters. The summed E-state index contributed by atoms with van der Waals surface area (Å²) >= 11 is -0.935. The van der Waals surface area contributed by atoms with Crippen LogP contribution in [0.15, 0.2) is 33.9 Å². The topological polar surface area (TPSA) is 84.6 Å². The minimum absolute atomic E-state index is 0.0661. The van der Waals surface area contributed by atoms with E-state index in [4.69, 9.17) is 0 Å². The number of hydrogen-bond donors (Lipinski definition) is 1. The number of non-ortho nitro benzene ring substituents is 1. The third kappa shape index (κ3) is 4.31. The number of carbonyl (C=O) groups is 1. The molecule has 0 saturated heterocycles. The highest BCUT2D eigenvalue weighted by Crippen LogP contribution is 2.59. The highest BCUT2D eigenvalue weighted by molar-refractivity contribution is 8.17. The second-order valence-electron chi connectivity index (χ2n) is 5.64. The Morgan fingerprint density at radius 2 is 1.65 bits per heavy atom. The Bertz CT molecular complexity index is 967. The van der Waals surface area contributed by atoms with Gasteiger partial charge in [-0.25, -0.2) is 9.38 Å². The van der Waals surface area contributed by atoms with Gasteiger partial charge in [0.15, 0.2) is 11.5 Å². The first-order valence-corrected chi connectivity index (χ1v) is 8.16. The molecule has 0 fully saturated rings. The quantitative estimate of drug-likeness (QED) is 0.264. The van der Waals surface area contributed by atoms with Gasteiger partial charge in [-0.3, -0.25) is 14.9 Å². The molecule has 0 unspecified atom stereocenters. The molecule has 1 heterocycles. The van der Waals surface area contributed by atoms with E-state index in [0.29, 0.717) is 18.2 Å². The Labute approximate surface area is 168 Å². The number of benzene rings is 1. The Morgan fingerprint density at radius 3 is 2.06 bits per heavy atom. The van der Waals surface area contributed by atoms with Crippen molar-refractivity contribution in [1.29, 1.82) is 0 Å².